The molecule has 4 aromatic rings. The second-order valence-electron chi connectivity index (χ2n) is 5.40. The molecule has 2 aromatic carbocycles. The molecule has 2 aromatic heterocycles. The number of aryl methyl sites for hydroxylation is 2. The Bertz CT molecular complexity index is 836. The molecule has 0 atom stereocenters. The third-order valence-corrected chi connectivity index (χ3v) is 3.52. The first kappa shape index (κ1) is 14.2. The van der Waals surface area contributed by atoms with Gasteiger partial charge in [0.05, 0.1) is 11.0 Å². The van der Waals surface area contributed by atoms with Gasteiger partial charge in [0.15, 0.2) is 0 Å². The predicted molar refractivity (Wildman–Crippen MR) is 93.0 cm³/mol. The maximum atomic E-state index is 4.22. The third kappa shape index (κ3) is 3.29. The van der Waals surface area contributed by atoms with Gasteiger partial charge in [-0.2, -0.15) is 0 Å². The van der Waals surface area contributed by atoms with Gasteiger partial charge in [-0.3, -0.25) is 9.97 Å². The molecule has 2 heterocycles. The molecule has 0 aliphatic carbocycles. The molecular weight excluding hydrogens is 268 g/mol. The average Bonchev–Trinajstić information content (AvgIpc) is 2.55. The van der Waals surface area contributed by atoms with E-state index >= 15 is 0 Å². The van der Waals surface area contributed by atoms with Crippen LogP contribution in [0.5, 0.6) is 0 Å². The van der Waals surface area contributed by atoms with E-state index in [2.05, 4.69) is 60.2 Å². The summed E-state index contributed by atoms with van der Waals surface area (Å²) in [5.74, 6) is 0. The van der Waals surface area contributed by atoms with Crippen LogP contribution in [0.2, 0.25) is 0 Å². The molecule has 0 radical (unpaired) electrons. The molecule has 2 heteroatoms. The Balaban J connectivity index is 0.000000131. The van der Waals surface area contributed by atoms with Crippen LogP contribution < -0.4 is 0 Å². The topological polar surface area (TPSA) is 25.8 Å². The normalized spacial score (nSPS) is 10.3. The summed E-state index contributed by atoms with van der Waals surface area (Å²) in [6.45, 7) is 4.18. The molecule has 22 heavy (non-hydrogen) atoms. The number of fused-ring (bicyclic) bond motifs is 2. The second kappa shape index (κ2) is 6.35. The van der Waals surface area contributed by atoms with Gasteiger partial charge < -0.3 is 0 Å². The number of rotatable bonds is 0. The highest BCUT2D eigenvalue weighted by Gasteiger charge is 1.91. The van der Waals surface area contributed by atoms with Gasteiger partial charge in [-0.1, -0.05) is 35.4 Å². The van der Waals surface area contributed by atoms with Gasteiger partial charge in [0.2, 0.25) is 0 Å². The molecule has 108 valence electrons. The molecule has 0 spiro atoms. The summed E-state index contributed by atoms with van der Waals surface area (Å²) in [4.78, 5) is 8.44. The van der Waals surface area contributed by atoms with Crippen LogP contribution >= 0.6 is 0 Å². The monoisotopic (exact) mass is 286 g/mol. The number of nitrogens with zero attached hydrogens (tertiary/aromatic N) is 2. The van der Waals surface area contributed by atoms with Crippen LogP contribution in [0.15, 0.2) is 73.1 Å². The Labute approximate surface area is 130 Å². The Hall–Kier alpha value is -2.74. The zero-order valence-corrected chi connectivity index (χ0v) is 12.8. The summed E-state index contributed by atoms with van der Waals surface area (Å²) in [5, 5.41) is 2.43. The minimum Gasteiger partial charge on any atom is -0.256 e. The second-order valence-corrected chi connectivity index (χ2v) is 5.40. The zero-order chi connectivity index (χ0) is 15.4. The maximum Gasteiger partial charge on any atom is 0.0702 e. The average molecular weight is 286 g/mol. The van der Waals surface area contributed by atoms with Crippen LogP contribution in [0, 0.1) is 13.8 Å². The number of hydrogen-bond donors (Lipinski definition) is 0. The minimum absolute atomic E-state index is 1.07. The van der Waals surface area contributed by atoms with Crippen LogP contribution in [0.3, 0.4) is 0 Å². The van der Waals surface area contributed by atoms with E-state index in [9.17, 15) is 0 Å². The van der Waals surface area contributed by atoms with E-state index in [1.807, 2.05) is 36.7 Å². The summed E-state index contributed by atoms with van der Waals surface area (Å²) in [7, 11) is 0. The molecule has 0 aliphatic rings. The summed E-state index contributed by atoms with van der Waals surface area (Å²) < 4.78 is 0. The van der Waals surface area contributed by atoms with Crippen molar-refractivity contribution in [2.75, 3.05) is 0 Å². The number of aromatic nitrogens is 2. The fourth-order valence-corrected chi connectivity index (χ4v) is 2.39. The predicted octanol–water partition coefficient (Wildman–Crippen LogP) is 5.09. The van der Waals surface area contributed by atoms with Crippen molar-refractivity contribution in [2.24, 2.45) is 0 Å². The van der Waals surface area contributed by atoms with Crippen LogP contribution in [-0.2, 0) is 0 Å². The van der Waals surface area contributed by atoms with E-state index in [4.69, 9.17) is 0 Å². The van der Waals surface area contributed by atoms with Crippen LogP contribution in [0.25, 0.3) is 21.8 Å². The molecule has 0 fully saturated rings. The minimum atomic E-state index is 1.07. The lowest BCUT2D eigenvalue weighted by atomic mass is 10.1. The summed E-state index contributed by atoms with van der Waals surface area (Å²) in [6.07, 6.45) is 3.63. The van der Waals surface area contributed by atoms with E-state index < -0.39 is 0 Å². The highest BCUT2D eigenvalue weighted by atomic mass is 14.6. The first-order valence-corrected chi connectivity index (χ1v) is 7.35. The van der Waals surface area contributed by atoms with Gasteiger partial charge in [-0.05, 0) is 50.2 Å². The highest BCUT2D eigenvalue weighted by molar-refractivity contribution is 5.79. The van der Waals surface area contributed by atoms with Crippen molar-refractivity contribution in [3.63, 3.8) is 0 Å². The van der Waals surface area contributed by atoms with Gasteiger partial charge in [0.1, 0.15) is 0 Å². The van der Waals surface area contributed by atoms with Crippen LogP contribution in [-0.4, -0.2) is 9.97 Å². The van der Waals surface area contributed by atoms with Gasteiger partial charge >= 0.3 is 0 Å². The fraction of sp³-hybridized carbons (Fsp3) is 0.100. The molecule has 0 amide bonds. The van der Waals surface area contributed by atoms with Crippen molar-refractivity contribution < 1.29 is 0 Å². The van der Waals surface area contributed by atoms with Gasteiger partial charge in [-0.15, -0.1) is 0 Å². The number of hydrogen-bond acceptors (Lipinski definition) is 2. The van der Waals surface area contributed by atoms with E-state index in [0.29, 0.717) is 0 Å². The van der Waals surface area contributed by atoms with Crippen molar-refractivity contribution in [2.45, 2.75) is 13.8 Å². The first-order valence-electron chi connectivity index (χ1n) is 7.35. The van der Waals surface area contributed by atoms with Crippen LogP contribution in [0.4, 0.5) is 0 Å². The Morgan fingerprint density at radius 3 is 1.50 bits per heavy atom. The SMILES string of the molecule is Cc1ccc2ncccc2c1.Cc1ccc2ncccc2c1. The maximum absolute atomic E-state index is 4.22. The molecule has 0 bridgehead atoms. The smallest absolute Gasteiger partial charge is 0.0702 e. The largest absolute Gasteiger partial charge is 0.256 e. The fourth-order valence-electron chi connectivity index (χ4n) is 2.39. The van der Waals surface area contributed by atoms with Gasteiger partial charge in [0.25, 0.3) is 0 Å². The zero-order valence-electron chi connectivity index (χ0n) is 12.8. The quantitative estimate of drug-likeness (QED) is 0.450. The van der Waals surface area contributed by atoms with Crippen molar-refractivity contribution in [3.05, 3.63) is 84.2 Å². The lowest BCUT2D eigenvalue weighted by molar-refractivity contribution is 1.39. The Morgan fingerprint density at radius 2 is 1.05 bits per heavy atom. The standard InChI is InChI=1S/2C10H9N/c2*1-8-4-5-10-9(7-8)3-2-6-11-10/h2*2-7H,1H3. The van der Waals surface area contributed by atoms with Crippen molar-refractivity contribution in [3.8, 4) is 0 Å². The van der Waals surface area contributed by atoms with E-state index in [-0.39, 0.29) is 0 Å². The third-order valence-electron chi connectivity index (χ3n) is 3.52. The molecular formula is C20H18N2. The highest BCUT2D eigenvalue weighted by Crippen LogP contribution is 2.12. The lowest BCUT2D eigenvalue weighted by Gasteiger charge is -1.95. The molecule has 0 unspecified atom stereocenters. The van der Waals surface area contributed by atoms with Gasteiger partial charge in [-0.25, -0.2) is 0 Å². The van der Waals surface area contributed by atoms with Crippen molar-refractivity contribution in [1.82, 2.24) is 9.97 Å². The molecule has 0 saturated heterocycles. The van der Waals surface area contributed by atoms with Crippen molar-refractivity contribution >= 4 is 21.8 Å². The molecule has 0 aliphatic heterocycles. The Morgan fingerprint density at radius 1 is 0.591 bits per heavy atom. The molecule has 4 rings (SSSR count). The molecule has 2 nitrogen and oxygen atoms in total. The number of pyridine rings is 2. The summed E-state index contributed by atoms with van der Waals surface area (Å²) in [6, 6.07) is 20.6. The Kier molecular flexibility index (Phi) is 4.10. The first-order chi connectivity index (χ1) is 10.7. The van der Waals surface area contributed by atoms with Crippen molar-refractivity contribution in [1.29, 1.82) is 0 Å². The van der Waals surface area contributed by atoms with E-state index in [1.165, 1.54) is 21.9 Å². The molecule has 0 saturated carbocycles. The van der Waals surface area contributed by atoms with Gasteiger partial charge in [0, 0.05) is 23.2 Å². The lowest BCUT2D eigenvalue weighted by Crippen LogP contribution is -1.77. The molecule has 0 N–H and O–H groups in total. The summed E-state index contributed by atoms with van der Waals surface area (Å²) >= 11 is 0. The summed E-state index contributed by atoms with van der Waals surface area (Å²) in [5.41, 5.74) is 4.70. The van der Waals surface area contributed by atoms with E-state index in [0.717, 1.165) is 11.0 Å². The van der Waals surface area contributed by atoms with Crippen LogP contribution in [0.1, 0.15) is 11.1 Å². The number of benzene rings is 2. The van der Waals surface area contributed by atoms with E-state index in [1.54, 1.807) is 0 Å².